The number of rotatable bonds is 6. The maximum absolute atomic E-state index is 9.87. The van der Waals surface area contributed by atoms with Crippen LogP contribution in [0.25, 0.3) is 0 Å². The number of hydrogen-bond donors (Lipinski definition) is 2. The molecule has 0 aliphatic carbocycles. The van der Waals surface area contributed by atoms with Crippen molar-refractivity contribution in [3.63, 3.8) is 0 Å². The predicted molar refractivity (Wildman–Crippen MR) is 70.0 cm³/mol. The quantitative estimate of drug-likeness (QED) is 0.802. The largest absolute Gasteiger partial charge is 0.469 e. The molecule has 0 amide bonds. The van der Waals surface area contributed by atoms with E-state index < -0.39 is 0 Å². The lowest BCUT2D eigenvalue weighted by Gasteiger charge is -2.23. The van der Waals surface area contributed by atoms with Crippen molar-refractivity contribution in [3.8, 4) is 0 Å². The van der Waals surface area contributed by atoms with E-state index in [9.17, 15) is 5.11 Å². The molecule has 98 valence electrons. The lowest BCUT2D eigenvalue weighted by molar-refractivity contribution is 0.117. The Hall–Kier alpha value is -0.800. The van der Waals surface area contributed by atoms with Crippen LogP contribution in [0.15, 0.2) is 22.8 Å². The Bertz CT molecular complexity index is 301. The molecule has 2 N–H and O–H groups in total. The Labute approximate surface area is 104 Å². The zero-order valence-electron chi connectivity index (χ0n) is 11.4. The first-order valence-electron chi connectivity index (χ1n) is 6.30. The summed E-state index contributed by atoms with van der Waals surface area (Å²) in [6, 6.07) is 4.19. The minimum atomic E-state index is -0.283. The lowest BCUT2D eigenvalue weighted by atomic mass is 9.89. The summed E-state index contributed by atoms with van der Waals surface area (Å²) >= 11 is 0. The maximum atomic E-state index is 9.87. The normalized spacial score (nSPS) is 15.8. The van der Waals surface area contributed by atoms with Gasteiger partial charge in [-0.25, -0.2) is 0 Å². The van der Waals surface area contributed by atoms with E-state index in [0.29, 0.717) is 12.6 Å². The van der Waals surface area contributed by atoms with Gasteiger partial charge in [0.25, 0.3) is 0 Å². The van der Waals surface area contributed by atoms with E-state index in [1.165, 1.54) is 0 Å². The van der Waals surface area contributed by atoms with E-state index in [1.54, 1.807) is 6.26 Å². The van der Waals surface area contributed by atoms with Crippen LogP contribution < -0.4 is 5.32 Å². The minimum Gasteiger partial charge on any atom is -0.469 e. The number of hydrogen-bond acceptors (Lipinski definition) is 3. The molecule has 1 rings (SSSR count). The molecule has 0 aromatic carbocycles. The predicted octanol–water partition coefficient (Wildman–Crippen LogP) is 2.60. The summed E-state index contributed by atoms with van der Waals surface area (Å²) in [5.74, 6) is 0.982. The molecule has 0 bridgehead atoms. The van der Waals surface area contributed by atoms with Crippen molar-refractivity contribution < 1.29 is 9.52 Å². The molecule has 1 heterocycles. The molecular weight excluding hydrogens is 214 g/mol. The molecule has 0 fully saturated rings. The summed E-state index contributed by atoms with van der Waals surface area (Å²) in [6.07, 6.45) is 3.08. The average molecular weight is 239 g/mol. The second-order valence-corrected chi connectivity index (χ2v) is 6.01. The third-order valence-corrected chi connectivity index (χ3v) is 2.64. The van der Waals surface area contributed by atoms with Gasteiger partial charge < -0.3 is 14.8 Å². The van der Waals surface area contributed by atoms with Crippen molar-refractivity contribution in [1.82, 2.24) is 5.32 Å². The Morgan fingerprint density at radius 1 is 1.41 bits per heavy atom. The van der Waals surface area contributed by atoms with Gasteiger partial charge in [-0.15, -0.1) is 0 Å². The molecule has 0 saturated heterocycles. The zero-order valence-corrected chi connectivity index (χ0v) is 11.4. The third-order valence-electron chi connectivity index (χ3n) is 2.64. The highest BCUT2D eigenvalue weighted by atomic mass is 16.3. The molecule has 0 aliphatic heterocycles. The molecule has 17 heavy (non-hydrogen) atoms. The molecule has 3 heteroatoms. The molecule has 2 atom stereocenters. The van der Waals surface area contributed by atoms with E-state index >= 15 is 0 Å². The van der Waals surface area contributed by atoms with E-state index in [2.05, 4.69) is 33.0 Å². The molecule has 3 nitrogen and oxygen atoms in total. The smallest absolute Gasteiger partial charge is 0.105 e. The van der Waals surface area contributed by atoms with Crippen molar-refractivity contribution in [2.75, 3.05) is 6.54 Å². The first kappa shape index (κ1) is 14.3. The van der Waals surface area contributed by atoms with Gasteiger partial charge in [0.15, 0.2) is 0 Å². The molecule has 0 spiro atoms. The topological polar surface area (TPSA) is 45.4 Å². The first-order valence-corrected chi connectivity index (χ1v) is 6.30. The fraction of sp³-hybridized carbons (Fsp3) is 0.714. The number of aliphatic hydroxyl groups is 1. The van der Waals surface area contributed by atoms with Crippen LogP contribution in [0.4, 0.5) is 0 Å². The maximum Gasteiger partial charge on any atom is 0.105 e. The molecule has 1 aromatic rings. The Morgan fingerprint density at radius 2 is 2.12 bits per heavy atom. The highest BCUT2D eigenvalue weighted by Gasteiger charge is 2.17. The number of nitrogens with one attached hydrogen (secondary N) is 1. The summed E-state index contributed by atoms with van der Waals surface area (Å²) in [5.41, 5.74) is 0.172. The lowest BCUT2D eigenvalue weighted by Crippen LogP contribution is -2.36. The summed E-state index contributed by atoms with van der Waals surface area (Å²) in [6.45, 7) is 9.17. The van der Waals surface area contributed by atoms with Crippen LogP contribution in [0.1, 0.15) is 39.9 Å². The van der Waals surface area contributed by atoms with E-state index in [-0.39, 0.29) is 11.5 Å². The zero-order chi connectivity index (χ0) is 12.9. The highest BCUT2D eigenvalue weighted by Crippen LogP contribution is 2.20. The Morgan fingerprint density at radius 3 is 2.65 bits per heavy atom. The third kappa shape index (κ3) is 6.49. The second kappa shape index (κ2) is 6.22. The van der Waals surface area contributed by atoms with Crippen molar-refractivity contribution in [3.05, 3.63) is 24.2 Å². The van der Waals surface area contributed by atoms with Crippen LogP contribution >= 0.6 is 0 Å². The van der Waals surface area contributed by atoms with Crippen LogP contribution in [-0.2, 0) is 6.42 Å². The minimum absolute atomic E-state index is 0.172. The SMILES string of the molecule is CC(Cc1ccco1)NCC(O)CC(C)(C)C. The van der Waals surface area contributed by atoms with Gasteiger partial charge in [-0.05, 0) is 30.9 Å². The van der Waals surface area contributed by atoms with Crippen molar-refractivity contribution in [1.29, 1.82) is 0 Å². The highest BCUT2D eigenvalue weighted by molar-refractivity contribution is 4.99. The van der Waals surface area contributed by atoms with Crippen LogP contribution in [0.3, 0.4) is 0 Å². The Balaban J connectivity index is 2.21. The second-order valence-electron chi connectivity index (χ2n) is 6.01. The van der Waals surface area contributed by atoms with Crippen LogP contribution in [0.2, 0.25) is 0 Å². The number of furan rings is 1. The van der Waals surface area contributed by atoms with Crippen molar-refractivity contribution in [2.24, 2.45) is 5.41 Å². The van der Waals surface area contributed by atoms with Gasteiger partial charge >= 0.3 is 0 Å². The van der Waals surface area contributed by atoms with Crippen molar-refractivity contribution >= 4 is 0 Å². The van der Waals surface area contributed by atoms with E-state index in [1.807, 2.05) is 12.1 Å². The summed E-state index contributed by atoms with van der Waals surface area (Å²) in [4.78, 5) is 0. The number of aliphatic hydroxyl groups excluding tert-OH is 1. The summed E-state index contributed by atoms with van der Waals surface area (Å²) < 4.78 is 5.29. The summed E-state index contributed by atoms with van der Waals surface area (Å²) in [5, 5.41) is 13.2. The monoisotopic (exact) mass is 239 g/mol. The summed E-state index contributed by atoms with van der Waals surface area (Å²) in [7, 11) is 0. The van der Waals surface area contributed by atoms with Crippen LogP contribution in [0, 0.1) is 5.41 Å². The Kier molecular flexibility index (Phi) is 5.22. The van der Waals surface area contributed by atoms with Gasteiger partial charge in [-0.2, -0.15) is 0 Å². The van der Waals surface area contributed by atoms with Gasteiger partial charge in [0.2, 0.25) is 0 Å². The first-order chi connectivity index (χ1) is 7.87. The van der Waals surface area contributed by atoms with Crippen molar-refractivity contribution in [2.45, 2.75) is 52.7 Å². The molecular formula is C14H25NO2. The van der Waals surface area contributed by atoms with E-state index in [0.717, 1.165) is 18.6 Å². The average Bonchev–Trinajstić information content (AvgIpc) is 2.64. The molecule has 0 aliphatic rings. The molecule has 1 aromatic heterocycles. The van der Waals surface area contributed by atoms with Gasteiger partial charge in [0.05, 0.1) is 12.4 Å². The molecule has 2 unspecified atom stereocenters. The van der Waals surface area contributed by atoms with Gasteiger partial charge in [-0.1, -0.05) is 20.8 Å². The standard InChI is InChI=1S/C14H25NO2/c1-11(8-13-6-5-7-17-13)15-10-12(16)9-14(2,3)4/h5-7,11-12,15-16H,8-10H2,1-4H3. The van der Waals surface area contributed by atoms with Gasteiger partial charge in [0, 0.05) is 19.0 Å². The van der Waals surface area contributed by atoms with Crippen LogP contribution in [-0.4, -0.2) is 23.8 Å². The van der Waals surface area contributed by atoms with Crippen LogP contribution in [0.5, 0.6) is 0 Å². The van der Waals surface area contributed by atoms with E-state index in [4.69, 9.17) is 4.42 Å². The molecule has 0 saturated carbocycles. The van der Waals surface area contributed by atoms with Gasteiger partial charge in [0.1, 0.15) is 5.76 Å². The fourth-order valence-electron chi connectivity index (χ4n) is 1.92. The van der Waals surface area contributed by atoms with Gasteiger partial charge in [-0.3, -0.25) is 0 Å². The fourth-order valence-corrected chi connectivity index (χ4v) is 1.92. The molecule has 0 radical (unpaired) electrons.